The van der Waals surface area contributed by atoms with Crippen LogP contribution < -0.4 is 10.0 Å². The molecular formula is C15H16N2O3S2. The molecule has 1 aliphatic rings. The molecule has 0 aliphatic carbocycles. The molecule has 0 saturated heterocycles. The first-order valence-electron chi connectivity index (χ1n) is 6.86. The molecule has 2 aromatic rings. The Bertz CT molecular complexity index is 840. The Labute approximate surface area is 133 Å². The zero-order valence-electron chi connectivity index (χ0n) is 12.1. The van der Waals surface area contributed by atoms with Gasteiger partial charge in [-0.2, -0.15) is 0 Å². The highest BCUT2D eigenvalue weighted by Crippen LogP contribution is 2.32. The van der Waals surface area contributed by atoms with Gasteiger partial charge in [0.25, 0.3) is 0 Å². The summed E-state index contributed by atoms with van der Waals surface area (Å²) in [5.41, 5.74) is 3.26. The van der Waals surface area contributed by atoms with Crippen LogP contribution in [0.3, 0.4) is 0 Å². The van der Waals surface area contributed by atoms with E-state index in [1.165, 1.54) is 11.6 Å². The number of sulfonamides is 1. The number of anilines is 1. The van der Waals surface area contributed by atoms with Crippen LogP contribution in [0.25, 0.3) is 0 Å². The second-order valence-corrected chi connectivity index (χ2v) is 8.28. The van der Waals surface area contributed by atoms with Gasteiger partial charge >= 0.3 is 0 Å². The lowest BCUT2D eigenvalue weighted by atomic mass is 10.1. The number of hydrogen-bond acceptors (Lipinski definition) is 4. The summed E-state index contributed by atoms with van der Waals surface area (Å²) in [6.45, 7) is 2.67. The van der Waals surface area contributed by atoms with Crippen molar-refractivity contribution in [1.82, 2.24) is 0 Å². The summed E-state index contributed by atoms with van der Waals surface area (Å²) in [4.78, 5) is 15.0. The van der Waals surface area contributed by atoms with E-state index < -0.39 is 10.0 Å². The second kappa shape index (κ2) is 5.49. The molecule has 22 heavy (non-hydrogen) atoms. The van der Waals surface area contributed by atoms with Crippen molar-refractivity contribution in [1.29, 1.82) is 0 Å². The van der Waals surface area contributed by atoms with E-state index in [4.69, 9.17) is 5.14 Å². The SMILES string of the molecule is Cc1cccc2c1N(C(=O)Cc1ccc(S(N)(=O)=O)s1)CC2. The van der Waals surface area contributed by atoms with Gasteiger partial charge in [-0.1, -0.05) is 18.2 Å². The molecule has 0 saturated carbocycles. The van der Waals surface area contributed by atoms with Crippen molar-refractivity contribution < 1.29 is 13.2 Å². The monoisotopic (exact) mass is 336 g/mol. The number of primary sulfonamides is 1. The van der Waals surface area contributed by atoms with E-state index >= 15 is 0 Å². The average Bonchev–Trinajstić information content (AvgIpc) is 3.05. The molecule has 2 N–H and O–H groups in total. The van der Waals surface area contributed by atoms with E-state index in [1.807, 2.05) is 25.1 Å². The van der Waals surface area contributed by atoms with Gasteiger partial charge in [0.15, 0.2) is 0 Å². The van der Waals surface area contributed by atoms with Crippen molar-refractivity contribution in [3.8, 4) is 0 Å². The number of benzene rings is 1. The first-order valence-corrected chi connectivity index (χ1v) is 9.23. The number of hydrogen-bond donors (Lipinski definition) is 1. The number of amides is 1. The molecule has 2 heterocycles. The van der Waals surface area contributed by atoms with Crippen LogP contribution in [0.2, 0.25) is 0 Å². The molecule has 3 rings (SSSR count). The molecule has 1 aliphatic heterocycles. The molecule has 7 heteroatoms. The molecule has 0 bridgehead atoms. The second-order valence-electron chi connectivity index (χ2n) is 5.32. The molecule has 116 valence electrons. The topological polar surface area (TPSA) is 80.5 Å². The summed E-state index contributed by atoms with van der Waals surface area (Å²) in [5, 5.41) is 5.09. The number of nitrogens with zero attached hydrogens (tertiary/aromatic N) is 1. The fourth-order valence-electron chi connectivity index (χ4n) is 2.75. The van der Waals surface area contributed by atoms with Crippen LogP contribution >= 0.6 is 11.3 Å². The maximum atomic E-state index is 12.5. The van der Waals surface area contributed by atoms with Crippen LogP contribution in [0.4, 0.5) is 5.69 Å². The highest BCUT2D eigenvalue weighted by molar-refractivity contribution is 7.91. The number of thiophene rings is 1. The largest absolute Gasteiger partial charge is 0.311 e. The zero-order chi connectivity index (χ0) is 15.9. The summed E-state index contributed by atoms with van der Waals surface area (Å²) in [5.74, 6) is -0.0177. The molecule has 5 nitrogen and oxygen atoms in total. The number of para-hydroxylation sites is 1. The van der Waals surface area contributed by atoms with Gasteiger partial charge in [-0.3, -0.25) is 4.79 Å². The van der Waals surface area contributed by atoms with Crippen molar-refractivity contribution in [2.24, 2.45) is 5.14 Å². The van der Waals surface area contributed by atoms with Gasteiger partial charge in [0.05, 0.1) is 6.42 Å². The van der Waals surface area contributed by atoms with E-state index in [2.05, 4.69) is 0 Å². The van der Waals surface area contributed by atoms with Gasteiger partial charge in [0.2, 0.25) is 15.9 Å². The molecule has 0 fully saturated rings. The summed E-state index contributed by atoms with van der Waals surface area (Å²) in [6.07, 6.45) is 1.05. The van der Waals surface area contributed by atoms with Crippen molar-refractivity contribution in [2.75, 3.05) is 11.4 Å². The molecule has 0 unspecified atom stereocenters. The number of rotatable bonds is 3. The number of carbonyl (C=O) groups is 1. The summed E-state index contributed by atoms with van der Waals surface area (Å²) in [7, 11) is -3.70. The Morgan fingerprint density at radius 3 is 2.77 bits per heavy atom. The first kappa shape index (κ1) is 15.2. The lowest BCUT2D eigenvalue weighted by Gasteiger charge is -2.19. The van der Waals surface area contributed by atoms with Crippen molar-refractivity contribution in [3.05, 3.63) is 46.3 Å². The maximum Gasteiger partial charge on any atom is 0.247 e. The Morgan fingerprint density at radius 1 is 1.32 bits per heavy atom. The van der Waals surface area contributed by atoms with Gasteiger partial charge < -0.3 is 4.90 Å². The van der Waals surface area contributed by atoms with E-state index in [1.54, 1.807) is 11.0 Å². The highest BCUT2D eigenvalue weighted by Gasteiger charge is 2.26. The smallest absolute Gasteiger partial charge is 0.247 e. The quantitative estimate of drug-likeness (QED) is 0.928. The third-order valence-corrected chi connectivity index (χ3v) is 6.26. The van der Waals surface area contributed by atoms with Crippen LogP contribution in [0, 0.1) is 6.92 Å². The first-order chi connectivity index (χ1) is 10.4. The van der Waals surface area contributed by atoms with Crippen LogP contribution in [0.5, 0.6) is 0 Å². The van der Waals surface area contributed by atoms with Crippen LogP contribution in [-0.4, -0.2) is 20.9 Å². The van der Waals surface area contributed by atoms with Gasteiger partial charge in [-0.15, -0.1) is 11.3 Å². The molecule has 0 spiro atoms. The van der Waals surface area contributed by atoms with Gasteiger partial charge in [0.1, 0.15) is 4.21 Å². The van der Waals surface area contributed by atoms with Gasteiger partial charge in [0, 0.05) is 17.1 Å². The third kappa shape index (κ3) is 2.79. The van der Waals surface area contributed by atoms with E-state index in [-0.39, 0.29) is 16.5 Å². The third-order valence-electron chi connectivity index (χ3n) is 3.74. The van der Waals surface area contributed by atoms with Crippen LogP contribution in [-0.2, 0) is 27.7 Å². The van der Waals surface area contributed by atoms with E-state index in [0.29, 0.717) is 11.4 Å². The molecule has 1 amide bonds. The maximum absolute atomic E-state index is 12.5. The summed E-state index contributed by atoms with van der Waals surface area (Å²) >= 11 is 1.05. The molecule has 1 aromatic carbocycles. The molecular weight excluding hydrogens is 320 g/mol. The minimum absolute atomic E-state index is 0.0177. The Morgan fingerprint density at radius 2 is 2.09 bits per heavy atom. The number of fused-ring (bicyclic) bond motifs is 1. The minimum Gasteiger partial charge on any atom is -0.311 e. The summed E-state index contributed by atoms with van der Waals surface area (Å²) < 4.78 is 22.7. The predicted molar refractivity (Wildman–Crippen MR) is 86.6 cm³/mol. The lowest BCUT2D eigenvalue weighted by molar-refractivity contribution is -0.117. The van der Waals surface area contributed by atoms with Gasteiger partial charge in [-0.25, -0.2) is 13.6 Å². The molecule has 0 atom stereocenters. The van der Waals surface area contributed by atoms with Crippen molar-refractivity contribution in [3.63, 3.8) is 0 Å². The number of aryl methyl sites for hydroxylation is 1. The number of nitrogens with two attached hydrogens (primary N) is 1. The fourth-order valence-corrected chi connectivity index (χ4v) is 4.52. The highest BCUT2D eigenvalue weighted by atomic mass is 32.2. The van der Waals surface area contributed by atoms with E-state index in [0.717, 1.165) is 29.0 Å². The van der Waals surface area contributed by atoms with E-state index in [9.17, 15) is 13.2 Å². The predicted octanol–water partition coefficient (Wildman–Crippen LogP) is 1.84. The Hall–Kier alpha value is -1.70. The van der Waals surface area contributed by atoms with Crippen molar-refractivity contribution in [2.45, 2.75) is 24.0 Å². The minimum atomic E-state index is -3.70. The zero-order valence-corrected chi connectivity index (χ0v) is 13.7. The van der Waals surface area contributed by atoms with Gasteiger partial charge in [-0.05, 0) is 36.6 Å². The average molecular weight is 336 g/mol. The summed E-state index contributed by atoms with van der Waals surface area (Å²) in [6, 6.07) is 9.14. The fraction of sp³-hybridized carbons (Fsp3) is 0.267. The number of carbonyl (C=O) groups excluding carboxylic acids is 1. The van der Waals surface area contributed by atoms with Crippen LogP contribution in [0.1, 0.15) is 16.0 Å². The Balaban J connectivity index is 1.81. The van der Waals surface area contributed by atoms with Crippen molar-refractivity contribution >= 4 is 33.0 Å². The van der Waals surface area contributed by atoms with Crippen LogP contribution in [0.15, 0.2) is 34.5 Å². The standard InChI is InChI=1S/C15H16N2O3S2/c1-10-3-2-4-11-7-8-17(15(10)11)13(18)9-12-5-6-14(21-12)22(16,19)20/h2-6H,7-9H2,1H3,(H2,16,19,20). The molecule has 0 radical (unpaired) electrons. The lowest BCUT2D eigenvalue weighted by Crippen LogP contribution is -2.30. The molecule has 1 aromatic heterocycles. The normalized spacial score (nSPS) is 14.2. The Kier molecular flexibility index (Phi) is 3.80.